The molecule has 1 heterocycles. The number of carbonyl (C=O) groups excluding carboxylic acids is 1. The van der Waals surface area contributed by atoms with Crippen LogP contribution in [-0.4, -0.2) is 48.5 Å². The molecule has 1 N–H and O–H groups in total. The molecule has 0 saturated carbocycles. The number of carbonyl (C=O) groups is 1. The minimum Gasteiger partial charge on any atom is -0.457 e. The molecule has 0 spiro atoms. The van der Waals surface area contributed by atoms with Crippen molar-refractivity contribution in [1.29, 1.82) is 0 Å². The van der Waals surface area contributed by atoms with Crippen molar-refractivity contribution in [2.24, 2.45) is 5.92 Å². The van der Waals surface area contributed by atoms with Gasteiger partial charge in [-0.3, -0.25) is 0 Å². The van der Waals surface area contributed by atoms with Gasteiger partial charge < -0.3 is 24.2 Å². The van der Waals surface area contributed by atoms with E-state index in [4.69, 9.17) is 14.2 Å². The monoisotopic (exact) mass is 487 g/mol. The van der Waals surface area contributed by atoms with Gasteiger partial charge in [-0.15, -0.1) is 0 Å². The maximum Gasteiger partial charge on any atom is 0.410 e. The summed E-state index contributed by atoms with van der Waals surface area (Å²) in [4.78, 5) is 14.5. The normalized spacial score (nSPS) is 18.1. The summed E-state index contributed by atoms with van der Waals surface area (Å²) in [6.07, 6.45) is 3.17. The number of para-hydroxylation sites is 1. The molecule has 35 heavy (non-hydrogen) atoms. The van der Waals surface area contributed by atoms with E-state index < -0.39 is 17.0 Å². The summed E-state index contributed by atoms with van der Waals surface area (Å²) >= 11 is 0. The van der Waals surface area contributed by atoms with Crippen LogP contribution in [0, 0.1) is 11.7 Å². The van der Waals surface area contributed by atoms with Crippen LogP contribution in [0.1, 0.15) is 58.4 Å². The molecule has 1 aliphatic rings. The molecule has 1 saturated heterocycles. The predicted molar refractivity (Wildman–Crippen MR) is 133 cm³/mol. The van der Waals surface area contributed by atoms with Crippen LogP contribution in [0.25, 0.3) is 0 Å². The second kappa shape index (κ2) is 11.9. The lowest BCUT2D eigenvalue weighted by Gasteiger charge is -2.43. The summed E-state index contributed by atoms with van der Waals surface area (Å²) in [6.45, 7) is 7.11. The number of hydrogen-bond donors (Lipinski definition) is 1. The maximum absolute atomic E-state index is 13.8. The van der Waals surface area contributed by atoms with E-state index in [0.717, 1.165) is 25.7 Å². The molecule has 192 valence electrons. The number of likely N-dealkylation sites (tertiary alicyclic amines) is 1. The van der Waals surface area contributed by atoms with Crippen molar-refractivity contribution in [1.82, 2.24) is 4.90 Å². The second-order valence-corrected chi connectivity index (χ2v) is 10.2. The summed E-state index contributed by atoms with van der Waals surface area (Å²) in [5.41, 5.74) is -1.21. The van der Waals surface area contributed by atoms with Crippen LogP contribution in [0.15, 0.2) is 48.5 Å². The van der Waals surface area contributed by atoms with E-state index in [1.807, 2.05) is 39.0 Å². The SMILES string of the molecule is COCCCC[C@@](O)(c1ccccc1Oc1cccc(F)c1)[C@@H]1CCCN(C(=O)OC(C)(C)C)C1. The Morgan fingerprint density at radius 2 is 1.91 bits per heavy atom. The third kappa shape index (κ3) is 7.42. The highest BCUT2D eigenvalue weighted by atomic mass is 19.1. The topological polar surface area (TPSA) is 68.2 Å². The van der Waals surface area contributed by atoms with Gasteiger partial charge in [0.25, 0.3) is 0 Å². The lowest BCUT2D eigenvalue weighted by atomic mass is 9.73. The summed E-state index contributed by atoms with van der Waals surface area (Å²) in [6, 6.07) is 13.3. The fraction of sp³-hybridized carbons (Fsp3) is 0.536. The number of amides is 1. The number of rotatable bonds is 9. The Balaban J connectivity index is 1.91. The number of hydrogen-bond acceptors (Lipinski definition) is 5. The largest absolute Gasteiger partial charge is 0.457 e. The van der Waals surface area contributed by atoms with Crippen LogP contribution in [0.3, 0.4) is 0 Å². The quantitative estimate of drug-likeness (QED) is 0.422. The summed E-state index contributed by atoms with van der Waals surface area (Å²) < 4.78 is 30.6. The zero-order chi connectivity index (χ0) is 25.5. The van der Waals surface area contributed by atoms with E-state index in [2.05, 4.69) is 0 Å². The molecule has 0 unspecified atom stereocenters. The van der Waals surface area contributed by atoms with E-state index in [0.29, 0.717) is 43.2 Å². The van der Waals surface area contributed by atoms with Crippen molar-refractivity contribution in [3.8, 4) is 11.5 Å². The number of aliphatic hydroxyl groups is 1. The van der Waals surface area contributed by atoms with Crippen LogP contribution in [0.4, 0.5) is 9.18 Å². The van der Waals surface area contributed by atoms with E-state index >= 15 is 0 Å². The number of nitrogens with zero attached hydrogens (tertiary/aromatic N) is 1. The van der Waals surface area contributed by atoms with Gasteiger partial charge in [-0.1, -0.05) is 24.3 Å². The molecule has 2 aromatic rings. The number of halogens is 1. The average Bonchev–Trinajstić information content (AvgIpc) is 2.81. The molecule has 0 aliphatic carbocycles. The molecular weight excluding hydrogens is 449 g/mol. The van der Waals surface area contributed by atoms with Gasteiger partial charge in [-0.25, -0.2) is 9.18 Å². The van der Waals surface area contributed by atoms with Gasteiger partial charge in [0, 0.05) is 44.4 Å². The highest BCUT2D eigenvalue weighted by Gasteiger charge is 2.43. The van der Waals surface area contributed by atoms with Gasteiger partial charge in [0.05, 0.1) is 5.60 Å². The smallest absolute Gasteiger partial charge is 0.410 e. The number of methoxy groups -OCH3 is 1. The van der Waals surface area contributed by atoms with E-state index in [1.165, 1.54) is 12.1 Å². The molecule has 3 rings (SSSR count). The van der Waals surface area contributed by atoms with Crippen molar-refractivity contribution in [2.45, 2.75) is 64.1 Å². The van der Waals surface area contributed by atoms with Crippen LogP contribution < -0.4 is 4.74 Å². The molecule has 7 heteroatoms. The van der Waals surface area contributed by atoms with Crippen LogP contribution >= 0.6 is 0 Å². The minimum atomic E-state index is -1.25. The van der Waals surface area contributed by atoms with Crippen LogP contribution in [0.5, 0.6) is 11.5 Å². The first-order chi connectivity index (χ1) is 16.6. The molecule has 2 atom stereocenters. The summed E-state index contributed by atoms with van der Waals surface area (Å²) in [7, 11) is 1.66. The number of unbranched alkanes of at least 4 members (excludes halogenated alkanes) is 1. The van der Waals surface area contributed by atoms with Crippen molar-refractivity contribution < 1.29 is 28.5 Å². The molecule has 0 bridgehead atoms. The molecule has 0 radical (unpaired) electrons. The number of piperidine rings is 1. The Labute approximate surface area is 208 Å². The maximum atomic E-state index is 13.8. The highest BCUT2D eigenvalue weighted by Crippen LogP contribution is 2.44. The summed E-state index contributed by atoms with van der Waals surface area (Å²) in [5.74, 6) is 0.221. The van der Waals surface area contributed by atoms with Gasteiger partial charge in [-0.2, -0.15) is 0 Å². The van der Waals surface area contributed by atoms with Gasteiger partial charge >= 0.3 is 6.09 Å². The first-order valence-electron chi connectivity index (χ1n) is 12.3. The lowest BCUT2D eigenvalue weighted by Crippen LogP contribution is -2.49. The lowest BCUT2D eigenvalue weighted by molar-refractivity contribution is -0.0651. The van der Waals surface area contributed by atoms with Gasteiger partial charge in [0.15, 0.2) is 0 Å². The predicted octanol–water partition coefficient (Wildman–Crippen LogP) is 6.27. The number of ether oxygens (including phenoxy) is 3. The molecule has 1 aliphatic heterocycles. The van der Waals surface area contributed by atoms with Gasteiger partial charge in [-0.05, 0) is 71.1 Å². The molecule has 2 aromatic carbocycles. The van der Waals surface area contributed by atoms with E-state index in [-0.39, 0.29) is 12.0 Å². The molecule has 1 amide bonds. The van der Waals surface area contributed by atoms with Gasteiger partial charge in [0.1, 0.15) is 22.9 Å². The highest BCUT2D eigenvalue weighted by molar-refractivity contribution is 5.68. The Hall–Kier alpha value is -2.64. The van der Waals surface area contributed by atoms with Crippen LogP contribution in [0.2, 0.25) is 0 Å². The zero-order valence-electron chi connectivity index (χ0n) is 21.3. The van der Waals surface area contributed by atoms with Crippen molar-refractivity contribution in [3.05, 3.63) is 59.9 Å². The average molecular weight is 488 g/mol. The fourth-order valence-corrected chi connectivity index (χ4v) is 4.63. The standard InChI is InChI=1S/C28H38FNO5/c1-27(2,3)35-26(31)30-17-10-11-21(20-30)28(32,16-7-8-18-33-4)24-14-5-6-15-25(24)34-23-13-9-12-22(29)19-23/h5-6,9,12-15,19,21,32H,7-8,10-11,16-18,20H2,1-4H3/t21-,28+/m1/s1. The third-order valence-corrected chi connectivity index (χ3v) is 6.28. The van der Waals surface area contributed by atoms with E-state index in [1.54, 1.807) is 30.2 Å². The molecule has 0 aromatic heterocycles. The number of benzene rings is 2. The minimum absolute atomic E-state index is 0.219. The Morgan fingerprint density at radius 3 is 2.63 bits per heavy atom. The Bertz CT molecular complexity index is 976. The molecule has 1 fully saturated rings. The van der Waals surface area contributed by atoms with Crippen molar-refractivity contribution in [2.75, 3.05) is 26.8 Å². The van der Waals surface area contributed by atoms with Crippen LogP contribution in [-0.2, 0) is 15.1 Å². The molecule has 6 nitrogen and oxygen atoms in total. The summed E-state index contributed by atoms with van der Waals surface area (Å²) in [5, 5.41) is 12.3. The molecular formula is C28H38FNO5. The Morgan fingerprint density at radius 1 is 1.14 bits per heavy atom. The second-order valence-electron chi connectivity index (χ2n) is 10.2. The van der Waals surface area contributed by atoms with E-state index in [9.17, 15) is 14.3 Å². The first-order valence-corrected chi connectivity index (χ1v) is 12.3. The first kappa shape index (κ1) is 27.0. The van der Waals surface area contributed by atoms with Gasteiger partial charge in [0.2, 0.25) is 0 Å². The van der Waals surface area contributed by atoms with Crippen molar-refractivity contribution in [3.63, 3.8) is 0 Å². The third-order valence-electron chi connectivity index (χ3n) is 6.28. The Kier molecular flexibility index (Phi) is 9.14. The fourth-order valence-electron chi connectivity index (χ4n) is 4.63. The van der Waals surface area contributed by atoms with Crippen molar-refractivity contribution >= 4 is 6.09 Å². The zero-order valence-corrected chi connectivity index (χ0v) is 21.3.